The second kappa shape index (κ2) is 6.92. The lowest BCUT2D eigenvalue weighted by atomic mass is 10.0. The third-order valence-electron chi connectivity index (χ3n) is 3.60. The molecule has 0 aliphatic carbocycles. The smallest absolute Gasteiger partial charge is 0.238 e. The monoisotopic (exact) mass is 297 g/mol. The Balaban J connectivity index is 1.96. The van der Waals surface area contributed by atoms with E-state index in [-0.39, 0.29) is 25.1 Å². The normalized spacial score (nSPS) is 19.8. The Bertz CT molecular complexity index is 481. The maximum absolute atomic E-state index is 12.1. The van der Waals surface area contributed by atoms with Crippen LogP contribution in [0.5, 0.6) is 0 Å². The lowest BCUT2D eigenvalue weighted by Gasteiger charge is -2.33. The van der Waals surface area contributed by atoms with Crippen LogP contribution in [0.1, 0.15) is 19.3 Å². The second-order valence-corrected chi connectivity index (χ2v) is 5.52. The first-order chi connectivity index (χ1) is 9.60. The molecule has 4 N–H and O–H groups in total. The highest BCUT2D eigenvalue weighted by Crippen LogP contribution is 2.23. The molecule has 1 saturated heterocycles. The number of piperidine rings is 1. The lowest BCUT2D eigenvalue weighted by Crippen LogP contribution is -2.45. The molecule has 0 saturated carbocycles. The van der Waals surface area contributed by atoms with Crippen LogP contribution in [0.15, 0.2) is 18.2 Å². The largest absolute Gasteiger partial charge is 0.397 e. The zero-order chi connectivity index (χ0) is 14.5. The van der Waals surface area contributed by atoms with E-state index in [1.165, 1.54) is 0 Å². The Hall–Kier alpha value is -1.30. The van der Waals surface area contributed by atoms with Crippen LogP contribution in [0.25, 0.3) is 0 Å². The standard InChI is InChI=1S/C14H20ClN3O2/c15-10-4-5-12(16)13(7-10)17-14(20)8-18-6-2-1-3-11(18)9-19/h4-5,7,11,19H,1-3,6,8-9,16H2,(H,17,20). The number of nitrogens with one attached hydrogen (secondary N) is 1. The van der Waals surface area contributed by atoms with Gasteiger partial charge in [0.1, 0.15) is 0 Å². The Morgan fingerprint density at radius 3 is 3.05 bits per heavy atom. The molecule has 110 valence electrons. The number of aliphatic hydroxyl groups excluding tert-OH is 1. The van der Waals surface area contributed by atoms with Crippen molar-refractivity contribution in [3.63, 3.8) is 0 Å². The van der Waals surface area contributed by atoms with Gasteiger partial charge < -0.3 is 16.2 Å². The van der Waals surface area contributed by atoms with Crippen LogP contribution >= 0.6 is 11.6 Å². The molecule has 0 aromatic heterocycles. The number of halogens is 1. The lowest BCUT2D eigenvalue weighted by molar-refractivity contribution is -0.118. The van der Waals surface area contributed by atoms with Crippen LogP contribution in [-0.2, 0) is 4.79 Å². The summed E-state index contributed by atoms with van der Waals surface area (Å²) in [6.45, 7) is 1.19. The van der Waals surface area contributed by atoms with E-state index >= 15 is 0 Å². The average Bonchev–Trinajstić information content (AvgIpc) is 2.43. The van der Waals surface area contributed by atoms with Gasteiger partial charge in [0.2, 0.25) is 5.91 Å². The number of rotatable bonds is 4. The Morgan fingerprint density at radius 2 is 2.30 bits per heavy atom. The van der Waals surface area contributed by atoms with Gasteiger partial charge in [0, 0.05) is 11.1 Å². The number of benzene rings is 1. The molecule has 1 heterocycles. The molecule has 1 amide bonds. The first-order valence-electron chi connectivity index (χ1n) is 6.80. The first-order valence-corrected chi connectivity index (χ1v) is 7.17. The quantitative estimate of drug-likeness (QED) is 0.739. The summed E-state index contributed by atoms with van der Waals surface area (Å²) in [4.78, 5) is 14.1. The molecule has 2 rings (SSSR count). The van der Waals surface area contributed by atoms with Gasteiger partial charge in [-0.3, -0.25) is 9.69 Å². The highest BCUT2D eigenvalue weighted by Gasteiger charge is 2.23. The summed E-state index contributed by atoms with van der Waals surface area (Å²) in [6.07, 6.45) is 3.09. The topological polar surface area (TPSA) is 78.6 Å². The van der Waals surface area contributed by atoms with E-state index in [0.717, 1.165) is 25.8 Å². The van der Waals surface area contributed by atoms with Crippen molar-refractivity contribution < 1.29 is 9.90 Å². The molecule has 20 heavy (non-hydrogen) atoms. The number of amides is 1. The van der Waals surface area contributed by atoms with E-state index in [1.807, 2.05) is 4.90 Å². The maximum atomic E-state index is 12.1. The average molecular weight is 298 g/mol. The van der Waals surface area contributed by atoms with Crippen LogP contribution < -0.4 is 11.1 Å². The van der Waals surface area contributed by atoms with Crippen molar-refractivity contribution in [3.05, 3.63) is 23.2 Å². The number of carbonyl (C=O) groups excluding carboxylic acids is 1. The van der Waals surface area contributed by atoms with Gasteiger partial charge in [0.25, 0.3) is 0 Å². The number of hydrogen-bond donors (Lipinski definition) is 3. The van der Waals surface area contributed by atoms with Gasteiger partial charge in [0.15, 0.2) is 0 Å². The Kier molecular flexibility index (Phi) is 5.23. The third kappa shape index (κ3) is 3.85. The van der Waals surface area contributed by atoms with Crippen LogP contribution in [-0.4, -0.2) is 41.7 Å². The molecular weight excluding hydrogens is 278 g/mol. The number of nitrogens with zero attached hydrogens (tertiary/aromatic N) is 1. The highest BCUT2D eigenvalue weighted by molar-refractivity contribution is 6.31. The molecule has 1 atom stereocenters. The van der Waals surface area contributed by atoms with Crippen LogP contribution in [0.2, 0.25) is 5.02 Å². The summed E-state index contributed by atoms with van der Waals surface area (Å²) in [5.41, 5.74) is 6.81. The van der Waals surface area contributed by atoms with Crippen LogP contribution in [0, 0.1) is 0 Å². The van der Waals surface area contributed by atoms with Gasteiger partial charge in [-0.2, -0.15) is 0 Å². The Labute approximate surface area is 123 Å². The molecule has 1 aromatic rings. The molecule has 1 fully saturated rings. The van der Waals surface area contributed by atoms with Crippen molar-refractivity contribution in [3.8, 4) is 0 Å². The van der Waals surface area contributed by atoms with Crippen LogP contribution in [0.3, 0.4) is 0 Å². The summed E-state index contributed by atoms with van der Waals surface area (Å²) >= 11 is 5.89. The third-order valence-corrected chi connectivity index (χ3v) is 3.83. The number of nitrogens with two attached hydrogens (primary N) is 1. The van der Waals surface area contributed by atoms with E-state index in [0.29, 0.717) is 16.4 Å². The number of likely N-dealkylation sites (tertiary alicyclic amines) is 1. The summed E-state index contributed by atoms with van der Waals surface area (Å²) in [6, 6.07) is 5.05. The molecule has 0 spiro atoms. The second-order valence-electron chi connectivity index (χ2n) is 5.08. The molecular formula is C14H20ClN3O2. The maximum Gasteiger partial charge on any atom is 0.238 e. The molecule has 1 aromatic carbocycles. The van der Waals surface area contributed by atoms with Crippen molar-refractivity contribution in [2.75, 3.05) is 30.7 Å². The first kappa shape index (κ1) is 15.1. The van der Waals surface area contributed by atoms with Crippen molar-refractivity contribution in [1.29, 1.82) is 0 Å². The zero-order valence-corrected chi connectivity index (χ0v) is 12.1. The highest BCUT2D eigenvalue weighted by atomic mass is 35.5. The van der Waals surface area contributed by atoms with E-state index in [4.69, 9.17) is 17.3 Å². The van der Waals surface area contributed by atoms with Crippen LogP contribution in [0.4, 0.5) is 11.4 Å². The summed E-state index contributed by atoms with van der Waals surface area (Å²) < 4.78 is 0. The molecule has 0 radical (unpaired) electrons. The Morgan fingerprint density at radius 1 is 1.50 bits per heavy atom. The van der Waals surface area contributed by atoms with E-state index in [9.17, 15) is 9.90 Å². The number of anilines is 2. The molecule has 0 bridgehead atoms. The fourth-order valence-electron chi connectivity index (χ4n) is 2.49. The minimum absolute atomic E-state index is 0.0752. The van der Waals surface area contributed by atoms with Gasteiger partial charge in [-0.25, -0.2) is 0 Å². The predicted molar refractivity (Wildman–Crippen MR) is 80.8 cm³/mol. The minimum atomic E-state index is -0.140. The number of aliphatic hydroxyl groups is 1. The number of carbonyl (C=O) groups is 1. The van der Waals surface area contributed by atoms with Crippen molar-refractivity contribution >= 4 is 28.9 Å². The molecule has 1 unspecified atom stereocenters. The molecule has 5 nitrogen and oxygen atoms in total. The van der Waals surface area contributed by atoms with Crippen molar-refractivity contribution in [2.45, 2.75) is 25.3 Å². The summed E-state index contributed by atoms with van der Waals surface area (Å²) in [7, 11) is 0. The number of hydrogen-bond acceptors (Lipinski definition) is 4. The van der Waals surface area contributed by atoms with E-state index in [2.05, 4.69) is 5.32 Å². The van der Waals surface area contributed by atoms with E-state index < -0.39 is 0 Å². The molecule has 1 aliphatic rings. The SMILES string of the molecule is Nc1ccc(Cl)cc1NC(=O)CN1CCCCC1CO. The van der Waals surface area contributed by atoms with Gasteiger partial charge in [-0.05, 0) is 37.6 Å². The zero-order valence-electron chi connectivity index (χ0n) is 11.3. The predicted octanol–water partition coefficient (Wildman–Crippen LogP) is 1.71. The molecule has 6 heteroatoms. The van der Waals surface area contributed by atoms with Gasteiger partial charge in [-0.15, -0.1) is 0 Å². The van der Waals surface area contributed by atoms with Crippen molar-refractivity contribution in [1.82, 2.24) is 4.90 Å². The summed E-state index contributed by atoms with van der Waals surface area (Å²) in [5, 5.41) is 12.6. The van der Waals surface area contributed by atoms with Gasteiger partial charge >= 0.3 is 0 Å². The molecule has 1 aliphatic heterocycles. The number of nitrogen functional groups attached to an aromatic ring is 1. The van der Waals surface area contributed by atoms with E-state index in [1.54, 1.807) is 18.2 Å². The van der Waals surface area contributed by atoms with Crippen molar-refractivity contribution in [2.24, 2.45) is 0 Å². The fourth-order valence-corrected chi connectivity index (χ4v) is 2.66. The summed E-state index contributed by atoms with van der Waals surface area (Å²) in [5.74, 6) is -0.140. The van der Waals surface area contributed by atoms with Gasteiger partial charge in [0.05, 0.1) is 24.5 Å². The fraction of sp³-hybridized carbons (Fsp3) is 0.500. The van der Waals surface area contributed by atoms with Gasteiger partial charge in [-0.1, -0.05) is 18.0 Å². The minimum Gasteiger partial charge on any atom is -0.397 e.